The third-order valence-electron chi connectivity index (χ3n) is 6.26. The maximum atomic E-state index is 12.6. The molecule has 4 aromatic rings. The molecule has 3 N–H and O–H groups in total. The van der Waals surface area contributed by atoms with Crippen LogP contribution >= 0.6 is 12.2 Å². The van der Waals surface area contributed by atoms with Gasteiger partial charge in [0.05, 0.1) is 6.61 Å². The van der Waals surface area contributed by atoms with Crippen LogP contribution in [0.4, 0.5) is 11.4 Å². The first kappa shape index (κ1) is 28.5. The van der Waals surface area contributed by atoms with E-state index in [4.69, 9.17) is 17.0 Å². The number of amides is 2. The zero-order valence-corrected chi connectivity index (χ0v) is 23.7. The number of rotatable bonds is 8. The molecule has 0 radical (unpaired) electrons. The van der Waals surface area contributed by atoms with Crippen molar-refractivity contribution in [3.05, 3.63) is 125 Å². The molecule has 0 aliphatic rings. The van der Waals surface area contributed by atoms with Crippen LogP contribution in [0, 0.1) is 0 Å². The highest BCUT2D eigenvalue weighted by molar-refractivity contribution is 7.80. The first-order chi connectivity index (χ1) is 19.2. The minimum absolute atomic E-state index is 0.0280. The fourth-order valence-electron chi connectivity index (χ4n) is 3.93. The lowest BCUT2D eigenvalue weighted by Crippen LogP contribution is -2.34. The molecule has 0 saturated heterocycles. The number of anilines is 2. The molecule has 2 amide bonds. The van der Waals surface area contributed by atoms with Crippen LogP contribution in [0.15, 0.2) is 103 Å². The summed E-state index contributed by atoms with van der Waals surface area (Å²) in [6, 6.07) is 31.8. The standard InChI is InChI=1S/C33H33N3O3S/c1-33(2,3)26-13-9-24(10-14-26)30(37)34-27-15-17-28(18-16-27)35-32(40)36-31(38)25-11-19-29(20-12-25)39-22-21-23-7-5-4-6-8-23/h4-20H,21-22H2,1-3H3,(H,34,37)(H2,35,36,38,40). The summed E-state index contributed by atoms with van der Waals surface area (Å²) in [6.07, 6.45) is 0.807. The van der Waals surface area contributed by atoms with Gasteiger partial charge < -0.3 is 15.4 Å². The van der Waals surface area contributed by atoms with Crippen molar-refractivity contribution >= 4 is 40.5 Å². The Kier molecular flexibility index (Phi) is 9.30. The summed E-state index contributed by atoms with van der Waals surface area (Å²) in [7, 11) is 0. The zero-order chi connectivity index (χ0) is 28.5. The number of carbonyl (C=O) groups excluding carboxylic acids is 2. The largest absolute Gasteiger partial charge is 0.493 e. The lowest BCUT2D eigenvalue weighted by Gasteiger charge is -2.19. The Bertz CT molecular complexity index is 1440. The van der Waals surface area contributed by atoms with Crippen LogP contribution in [0.1, 0.15) is 52.6 Å². The average Bonchev–Trinajstić information content (AvgIpc) is 2.94. The first-order valence-corrected chi connectivity index (χ1v) is 13.5. The van der Waals surface area contributed by atoms with E-state index in [1.165, 1.54) is 11.1 Å². The predicted octanol–water partition coefficient (Wildman–Crippen LogP) is 6.98. The molecule has 0 heterocycles. The van der Waals surface area contributed by atoms with Crippen molar-refractivity contribution < 1.29 is 14.3 Å². The van der Waals surface area contributed by atoms with Crippen LogP contribution in [0.5, 0.6) is 5.75 Å². The maximum absolute atomic E-state index is 12.6. The van der Waals surface area contributed by atoms with Gasteiger partial charge in [0.15, 0.2) is 5.11 Å². The third-order valence-corrected chi connectivity index (χ3v) is 6.46. The molecule has 0 bridgehead atoms. The maximum Gasteiger partial charge on any atom is 0.257 e. The summed E-state index contributed by atoms with van der Waals surface area (Å²) in [5, 5.41) is 8.74. The lowest BCUT2D eigenvalue weighted by molar-refractivity contribution is 0.0976. The van der Waals surface area contributed by atoms with Gasteiger partial charge in [0.1, 0.15) is 5.75 Å². The molecule has 0 atom stereocenters. The summed E-state index contributed by atoms with van der Waals surface area (Å²) in [4.78, 5) is 25.2. The Balaban J connectivity index is 1.23. The molecule has 0 unspecified atom stereocenters. The summed E-state index contributed by atoms with van der Waals surface area (Å²) in [6.45, 7) is 6.96. The molecule has 4 rings (SSSR count). The highest BCUT2D eigenvalue weighted by atomic mass is 32.1. The fraction of sp³-hybridized carbons (Fsp3) is 0.182. The van der Waals surface area contributed by atoms with E-state index >= 15 is 0 Å². The van der Waals surface area contributed by atoms with Gasteiger partial charge in [-0.2, -0.15) is 0 Å². The summed E-state index contributed by atoms with van der Waals surface area (Å²) >= 11 is 5.31. The van der Waals surface area contributed by atoms with E-state index in [0.717, 1.165) is 6.42 Å². The number of thiocarbonyl (C=S) groups is 1. The zero-order valence-electron chi connectivity index (χ0n) is 22.9. The Morgan fingerprint density at radius 2 is 1.25 bits per heavy atom. The van der Waals surface area contributed by atoms with E-state index in [0.29, 0.717) is 34.9 Å². The highest BCUT2D eigenvalue weighted by Crippen LogP contribution is 2.23. The molecule has 204 valence electrons. The summed E-state index contributed by atoms with van der Waals surface area (Å²) < 4.78 is 5.78. The van der Waals surface area contributed by atoms with Crippen molar-refractivity contribution in [3.63, 3.8) is 0 Å². The second-order valence-electron chi connectivity index (χ2n) is 10.4. The number of benzene rings is 4. The normalized spacial score (nSPS) is 10.9. The Hall–Kier alpha value is -4.49. The van der Waals surface area contributed by atoms with Crippen molar-refractivity contribution in [1.82, 2.24) is 5.32 Å². The van der Waals surface area contributed by atoms with E-state index in [9.17, 15) is 9.59 Å². The third kappa shape index (κ3) is 8.25. The number of ether oxygens (including phenoxy) is 1. The average molecular weight is 552 g/mol. The molecule has 0 aromatic heterocycles. The number of hydrogen-bond donors (Lipinski definition) is 3. The smallest absolute Gasteiger partial charge is 0.257 e. The second kappa shape index (κ2) is 13.0. The molecule has 0 aliphatic carbocycles. The molecule has 40 heavy (non-hydrogen) atoms. The summed E-state index contributed by atoms with van der Waals surface area (Å²) in [5.74, 6) is 0.188. The Labute approximate surface area is 240 Å². The van der Waals surface area contributed by atoms with Crippen LogP contribution in [0.3, 0.4) is 0 Å². The molecule has 0 fully saturated rings. The second-order valence-corrected chi connectivity index (χ2v) is 10.8. The first-order valence-electron chi connectivity index (χ1n) is 13.1. The van der Waals surface area contributed by atoms with Crippen molar-refractivity contribution in [2.24, 2.45) is 0 Å². The van der Waals surface area contributed by atoms with Gasteiger partial charge in [0.2, 0.25) is 0 Å². The van der Waals surface area contributed by atoms with Gasteiger partial charge >= 0.3 is 0 Å². The van der Waals surface area contributed by atoms with E-state index in [-0.39, 0.29) is 22.3 Å². The van der Waals surface area contributed by atoms with Crippen LogP contribution in [0.2, 0.25) is 0 Å². The Morgan fingerprint density at radius 3 is 1.85 bits per heavy atom. The molecule has 0 spiro atoms. The van der Waals surface area contributed by atoms with E-state index < -0.39 is 0 Å². The monoisotopic (exact) mass is 551 g/mol. The minimum Gasteiger partial charge on any atom is -0.493 e. The van der Waals surface area contributed by atoms with Gasteiger partial charge in [-0.1, -0.05) is 63.2 Å². The van der Waals surface area contributed by atoms with Gasteiger partial charge in [0, 0.05) is 28.9 Å². The molecule has 0 aliphatic heterocycles. The topological polar surface area (TPSA) is 79.5 Å². The van der Waals surface area contributed by atoms with E-state index in [1.54, 1.807) is 48.5 Å². The number of nitrogens with one attached hydrogen (secondary N) is 3. The van der Waals surface area contributed by atoms with Crippen LogP contribution in [-0.2, 0) is 11.8 Å². The molecule has 7 heteroatoms. The quantitative estimate of drug-likeness (QED) is 0.206. The van der Waals surface area contributed by atoms with Crippen LogP contribution < -0.4 is 20.7 Å². The SMILES string of the molecule is CC(C)(C)c1ccc(C(=O)Nc2ccc(NC(=S)NC(=O)c3ccc(OCCc4ccccc4)cc3)cc2)cc1. The molecule has 0 saturated carbocycles. The lowest BCUT2D eigenvalue weighted by atomic mass is 9.87. The van der Waals surface area contributed by atoms with Crippen molar-refractivity contribution in [2.75, 3.05) is 17.2 Å². The molecular formula is C33H33N3O3S. The van der Waals surface area contributed by atoms with Gasteiger partial charge in [-0.05, 0) is 89.4 Å². The van der Waals surface area contributed by atoms with E-state index in [1.807, 2.05) is 42.5 Å². The van der Waals surface area contributed by atoms with Gasteiger partial charge in [0.25, 0.3) is 11.8 Å². The van der Waals surface area contributed by atoms with Gasteiger partial charge in [-0.15, -0.1) is 0 Å². The fourth-order valence-corrected chi connectivity index (χ4v) is 4.14. The number of carbonyl (C=O) groups is 2. The highest BCUT2D eigenvalue weighted by Gasteiger charge is 2.14. The van der Waals surface area contributed by atoms with E-state index in [2.05, 4.69) is 48.9 Å². The number of hydrogen-bond acceptors (Lipinski definition) is 4. The van der Waals surface area contributed by atoms with Crippen molar-refractivity contribution in [2.45, 2.75) is 32.6 Å². The predicted molar refractivity (Wildman–Crippen MR) is 165 cm³/mol. The summed E-state index contributed by atoms with van der Waals surface area (Å²) in [5.41, 5.74) is 4.79. The van der Waals surface area contributed by atoms with Crippen molar-refractivity contribution in [1.29, 1.82) is 0 Å². The molecule has 4 aromatic carbocycles. The Morgan fingerprint density at radius 1 is 0.700 bits per heavy atom. The van der Waals surface area contributed by atoms with Gasteiger partial charge in [-0.3, -0.25) is 14.9 Å². The molecular weight excluding hydrogens is 518 g/mol. The minimum atomic E-state index is -0.324. The van der Waals surface area contributed by atoms with Crippen molar-refractivity contribution in [3.8, 4) is 5.75 Å². The van der Waals surface area contributed by atoms with Gasteiger partial charge in [-0.25, -0.2) is 0 Å². The van der Waals surface area contributed by atoms with Crippen LogP contribution in [-0.4, -0.2) is 23.5 Å². The van der Waals surface area contributed by atoms with Crippen LogP contribution in [0.25, 0.3) is 0 Å². The molecule has 6 nitrogen and oxygen atoms in total.